The molecular weight excluding hydrogens is 422 g/mol. The lowest BCUT2D eigenvalue weighted by molar-refractivity contribution is 0.0352. The zero-order valence-electron chi connectivity index (χ0n) is 14.0. The van der Waals surface area contributed by atoms with Crippen LogP contribution in [0.4, 0.5) is 0 Å². The lowest BCUT2D eigenvalue weighted by atomic mass is 10.0. The second-order valence-electron chi connectivity index (χ2n) is 5.90. The number of nitrogens with two attached hydrogens (primary N) is 1. The van der Waals surface area contributed by atoms with Gasteiger partial charge in [0.05, 0.1) is 11.6 Å². The topological polar surface area (TPSA) is 86.8 Å². The van der Waals surface area contributed by atoms with E-state index in [2.05, 4.69) is 26.1 Å². The molecule has 0 radical (unpaired) electrons. The smallest absolute Gasteiger partial charge is 0.228 e. The monoisotopic (exact) mass is 437 g/mol. The lowest BCUT2D eigenvalue weighted by Crippen LogP contribution is -2.27. The van der Waals surface area contributed by atoms with Crippen molar-refractivity contribution in [1.82, 2.24) is 4.98 Å². The van der Waals surface area contributed by atoms with E-state index < -0.39 is 6.10 Å². The van der Waals surface area contributed by atoms with Gasteiger partial charge in [-0.1, -0.05) is 16.8 Å². The molecule has 0 amide bonds. The molecule has 1 aromatic heterocycles. The first-order chi connectivity index (χ1) is 12.5. The van der Waals surface area contributed by atoms with E-state index in [0.717, 1.165) is 12.8 Å². The number of hydrogen-bond donors (Lipinski definition) is 1. The Kier molecular flexibility index (Phi) is 5.78. The molecule has 0 aliphatic heterocycles. The Morgan fingerprint density at radius 3 is 2.62 bits per heavy atom. The molecule has 3 rings (SSSR count). The summed E-state index contributed by atoms with van der Waals surface area (Å²) in [6.07, 6.45) is 1.17. The molecule has 8 heteroatoms. The minimum atomic E-state index is -0.674. The fraction of sp³-hybridized carbons (Fsp3) is 0.278. The maximum Gasteiger partial charge on any atom is 0.228 e. The Bertz CT molecular complexity index is 838. The quantitative estimate of drug-likeness (QED) is 0.307. The summed E-state index contributed by atoms with van der Waals surface area (Å²) in [7, 11) is 1.51. The van der Waals surface area contributed by atoms with Crippen LogP contribution in [-0.4, -0.2) is 29.8 Å². The predicted octanol–water partition coefficient (Wildman–Crippen LogP) is 3.80. The van der Waals surface area contributed by atoms with Crippen molar-refractivity contribution < 1.29 is 14.4 Å². The van der Waals surface area contributed by atoms with Crippen molar-refractivity contribution in [3.8, 4) is 5.88 Å². The summed E-state index contributed by atoms with van der Waals surface area (Å²) in [5, 5.41) is 4.51. The molecular formula is C18H17BrClN3O3. The zero-order chi connectivity index (χ0) is 18.7. The molecule has 1 atom stereocenters. The molecule has 1 unspecified atom stereocenters. The Balaban J connectivity index is 1.77. The average molecular weight is 439 g/mol. The van der Waals surface area contributed by atoms with E-state index in [9.17, 15) is 4.79 Å². The molecule has 26 heavy (non-hydrogen) atoms. The number of amidine groups is 1. The largest absolute Gasteiger partial charge is 0.480 e. The second kappa shape index (κ2) is 8.05. The highest BCUT2D eigenvalue weighted by molar-refractivity contribution is 9.10. The fourth-order valence-electron chi connectivity index (χ4n) is 2.39. The van der Waals surface area contributed by atoms with Crippen molar-refractivity contribution in [3.63, 3.8) is 0 Å². The minimum Gasteiger partial charge on any atom is -0.480 e. The van der Waals surface area contributed by atoms with Crippen LogP contribution in [0.5, 0.6) is 5.88 Å². The van der Waals surface area contributed by atoms with E-state index in [1.165, 1.54) is 7.11 Å². The van der Waals surface area contributed by atoms with Crippen molar-refractivity contribution in [1.29, 1.82) is 0 Å². The van der Waals surface area contributed by atoms with Gasteiger partial charge in [-0.15, -0.1) is 0 Å². The van der Waals surface area contributed by atoms with Crippen LogP contribution >= 0.6 is 27.5 Å². The van der Waals surface area contributed by atoms with Crippen LogP contribution in [0.2, 0.25) is 5.02 Å². The number of aromatic nitrogens is 1. The average Bonchev–Trinajstić information content (AvgIpc) is 3.47. The van der Waals surface area contributed by atoms with Gasteiger partial charge in [0.25, 0.3) is 0 Å². The summed E-state index contributed by atoms with van der Waals surface area (Å²) >= 11 is 9.20. The van der Waals surface area contributed by atoms with Gasteiger partial charge < -0.3 is 15.3 Å². The Morgan fingerprint density at radius 2 is 2.00 bits per heavy atom. The molecule has 6 nitrogen and oxygen atoms in total. The molecule has 1 aromatic carbocycles. The number of carbonyl (C=O) groups excluding carboxylic acids is 1. The molecule has 1 aliphatic carbocycles. The number of benzene rings is 1. The van der Waals surface area contributed by atoms with Gasteiger partial charge in [-0.2, -0.15) is 0 Å². The molecule has 0 bridgehead atoms. The van der Waals surface area contributed by atoms with Crippen molar-refractivity contribution in [2.45, 2.75) is 18.9 Å². The van der Waals surface area contributed by atoms with Gasteiger partial charge in [0.15, 0.2) is 11.9 Å². The summed E-state index contributed by atoms with van der Waals surface area (Å²) in [5.41, 5.74) is 6.89. The van der Waals surface area contributed by atoms with Crippen molar-refractivity contribution >= 4 is 39.1 Å². The standard InChI is InChI=1S/C18H17BrClN3O3/c1-25-18-13(19)8-9-14(22-18)17(21)23-26-16(11-2-3-11)15(24)10-4-6-12(20)7-5-10/h4-9,11,16H,2-3H2,1H3,(H2,21,23). The third-order valence-electron chi connectivity index (χ3n) is 3.97. The van der Waals surface area contributed by atoms with Gasteiger partial charge in [0.1, 0.15) is 5.69 Å². The number of halogens is 2. The Hall–Kier alpha value is -2.12. The number of pyridine rings is 1. The second-order valence-corrected chi connectivity index (χ2v) is 7.19. The van der Waals surface area contributed by atoms with Crippen LogP contribution in [0.3, 0.4) is 0 Å². The molecule has 136 valence electrons. The number of Topliss-reactive ketones (excluding diaryl/α,β-unsaturated/α-hetero) is 1. The van der Waals surface area contributed by atoms with E-state index in [4.69, 9.17) is 26.9 Å². The number of carbonyl (C=O) groups is 1. The van der Waals surface area contributed by atoms with Gasteiger partial charge >= 0.3 is 0 Å². The third-order valence-corrected chi connectivity index (χ3v) is 4.83. The number of ketones is 1. The normalized spacial score (nSPS) is 15.4. The molecule has 2 N–H and O–H groups in total. The van der Waals surface area contributed by atoms with Crippen molar-refractivity contribution in [2.75, 3.05) is 7.11 Å². The van der Waals surface area contributed by atoms with Crippen LogP contribution < -0.4 is 10.5 Å². The SMILES string of the molecule is COc1nc(/C(N)=N/OC(C(=O)c2ccc(Cl)cc2)C2CC2)ccc1Br. The van der Waals surface area contributed by atoms with Crippen LogP contribution in [0.1, 0.15) is 28.9 Å². The highest BCUT2D eigenvalue weighted by Crippen LogP contribution is 2.36. The van der Waals surface area contributed by atoms with E-state index in [1.54, 1.807) is 36.4 Å². The zero-order valence-corrected chi connectivity index (χ0v) is 16.3. The molecule has 0 saturated heterocycles. The summed E-state index contributed by atoms with van der Waals surface area (Å²) in [4.78, 5) is 22.5. The van der Waals surface area contributed by atoms with Crippen molar-refractivity contribution in [3.05, 3.63) is 57.2 Å². The van der Waals surface area contributed by atoms with Gasteiger partial charge in [-0.3, -0.25) is 4.79 Å². The Morgan fingerprint density at radius 1 is 1.31 bits per heavy atom. The fourth-order valence-corrected chi connectivity index (χ4v) is 2.90. The first-order valence-corrected chi connectivity index (χ1v) is 9.16. The van der Waals surface area contributed by atoms with E-state index in [0.29, 0.717) is 26.6 Å². The van der Waals surface area contributed by atoms with Crippen LogP contribution in [0.25, 0.3) is 0 Å². The van der Waals surface area contributed by atoms with E-state index in [1.807, 2.05) is 0 Å². The number of hydrogen-bond acceptors (Lipinski definition) is 5. The highest BCUT2D eigenvalue weighted by Gasteiger charge is 2.39. The minimum absolute atomic E-state index is 0.0744. The summed E-state index contributed by atoms with van der Waals surface area (Å²) in [5.74, 6) is 0.464. The number of rotatable bonds is 7. The Labute approximate surface area is 164 Å². The number of ether oxygens (including phenoxy) is 1. The van der Waals surface area contributed by atoms with Crippen LogP contribution in [-0.2, 0) is 4.84 Å². The van der Waals surface area contributed by atoms with Gasteiger partial charge in [0.2, 0.25) is 11.7 Å². The van der Waals surface area contributed by atoms with E-state index in [-0.39, 0.29) is 17.5 Å². The van der Waals surface area contributed by atoms with Crippen LogP contribution in [0.15, 0.2) is 46.0 Å². The maximum atomic E-state index is 12.7. The summed E-state index contributed by atoms with van der Waals surface area (Å²) < 4.78 is 5.84. The lowest BCUT2D eigenvalue weighted by Gasteiger charge is -2.14. The van der Waals surface area contributed by atoms with Crippen molar-refractivity contribution in [2.24, 2.45) is 16.8 Å². The molecule has 1 aliphatic rings. The molecule has 1 saturated carbocycles. The van der Waals surface area contributed by atoms with Gasteiger partial charge in [-0.25, -0.2) is 4.98 Å². The number of methoxy groups -OCH3 is 1. The van der Waals surface area contributed by atoms with Gasteiger partial charge in [0, 0.05) is 16.5 Å². The van der Waals surface area contributed by atoms with Gasteiger partial charge in [-0.05, 0) is 65.2 Å². The van der Waals surface area contributed by atoms with E-state index >= 15 is 0 Å². The summed E-state index contributed by atoms with van der Waals surface area (Å²) in [6.45, 7) is 0. The molecule has 1 fully saturated rings. The molecule has 2 aromatic rings. The number of oxime groups is 1. The first-order valence-electron chi connectivity index (χ1n) is 7.99. The molecule has 0 spiro atoms. The molecule has 1 heterocycles. The predicted molar refractivity (Wildman–Crippen MR) is 103 cm³/mol. The van der Waals surface area contributed by atoms with Crippen LogP contribution in [0, 0.1) is 5.92 Å². The maximum absolute atomic E-state index is 12.7. The number of nitrogens with zero attached hydrogens (tertiary/aromatic N) is 2. The third kappa shape index (κ3) is 4.34. The summed E-state index contributed by atoms with van der Waals surface area (Å²) in [6, 6.07) is 10.1. The first kappa shape index (κ1) is 18.7. The highest BCUT2D eigenvalue weighted by atomic mass is 79.9.